The lowest BCUT2D eigenvalue weighted by Crippen LogP contribution is -2.46. The molecule has 1 amide bonds. The Morgan fingerprint density at radius 3 is 1.33 bits per heavy atom. The Labute approximate surface area is 342 Å². The van der Waals surface area contributed by atoms with Crippen LogP contribution in [-0.2, 0) is 14.3 Å². The average molecular weight is 778 g/mol. The van der Waals surface area contributed by atoms with Crippen LogP contribution < -0.4 is 5.32 Å². The Kier molecular flexibility index (Phi) is 42.6. The van der Waals surface area contributed by atoms with Crippen molar-refractivity contribution in [2.75, 3.05) is 6.61 Å². The summed E-state index contributed by atoms with van der Waals surface area (Å²) in [4.78, 5) is 26.0. The lowest BCUT2D eigenvalue weighted by molar-refractivity contribution is -0.151. The van der Waals surface area contributed by atoms with E-state index in [1.54, 1.807) is 0 Å². The number of carbonyl (C=O) groups excluding carboxylic acids is 2. The topological polar surface area (TPSA) is 95.9 Å². The first-order chi connectivity index (χ1) is 27.0. The molecule has 55 heavy (non-hydrogen) atoms. The molecule has 6 heteroatoms. The minimum atomic E-state index is -0.781. The minimum absolute atomic E-state index is 0.0806. The van der Waals surface area contributed by atoms with E-state index < -0.39 is 18.2 Å². The van der Waals surface area contributed by atoms with E-state index in [4.69, 9.17) is 4.74 Å². The highest BCUT2D eigenvalue weighted by atomic mass is 16.5. The second-order valence-electron chi connectivity index (χ2n) is 16.9. The number of allylic oxidation sites excluding steroid dienone is 2. The van der Waals surface area contributed by atoms with Gasteiger partial charge in [0.05, 0.1) is 25.2 Å². The summed E-state index contributed by atoms with van der Waals surface area (Å²) in [6, 6.07) is -0.695. The normalized spacial score (nSPS) is 13.3. The molecule has 0 heterocycles. The molecule has 0 aliphatic carbocycles. The summed E-state index contributed by atoms with van der Waals surface area (Å²) < 4.78 is 5.90. The third-order valence-corrected chi connectivity index (χ3v) is 11.3. The van der Waals surface area contributed by atoms with Crippen LogP contribution >= 0.6 is 0 Å². The van der Waals surface area contributed by atoms with E-state index in [0.29, 0.717) is 19.3 Å². The van der Waals surface area contributed by atoms with Gasteiger partial charge < -0.3 is 20.3 Å². The number of amides is 1. The summed E-state index contributed by atoms with van der Waals surface area (Å²) >= 11 is 0. The maximum Gasteiger partial charge on any atom is 0.306 e. The molecule has 0 rings (SSSR count). The van der Waals surface area contributed by atoms with E-state index in [2.05, 4.69) is 38.2 Å². The number of aliphatic hydroxyl groups is 2. The molecule has 6 nitrogen and oxygen atoms in total. The molecular weight excluding hydrogens is 683 g/mol. The van der Waals surface area contributed by atoms with Gasteiger partial charge in [-0.3, -0.25) is 9.59 Å². The summed E-state index contributed by atoms with van der Waals surface area (Å²) in [5, 5.41) is 23.7. The van der Waals surface area contributed by atoms with Crippen molar-refractivity contribution in [1.29, 1.82) is 0 Å². The smallest absolute Gasteiger partial charge is 0.306 e. The number of esters is 1. The largest absolute Gasteiger partial charge is 0.462 e. The van der Waals surface area contributed by atoms with Crippen molar-refractivity contribution in [3.8, 4) is 0 Å². The first-order valence-electron chi connectivity index (χ1n) is 24.4. The first-order valence-corrected chi connectivity index (χ1v) is 24.4. The van der Waals surface area contributed by atoms with Gasteiger partial charge in [-0.05, 0) is 51.4 Å². The van der Waals surface area contributed by atoms with Crippen LogP contribution in [0.4, 0.5) is 0 Å². The Morgan fingerprint density at radius 2 is 0.873 bits per heavy atom. The number of aliphatic hydroxyl groups excluding tert-OH is 2. The number of nitrogens with one attached hydrogen (secondary N) is 1. The van der Waals surface area contributed by atoms with E-state index >= 15 is 0 Å². The zero-order valence-electron chi connectivity index (χ0n) is 37.1. The fourth-order valence-electron chi connectivity index (χ4n) is 7.60. The van der Waals surface area contributed by atoms with E-state index in [1.807, 2.05) is 0 Å². The first kappa shape index (κ1) is 53.6. The number of hydrogen-bond acceptors (Lipinski definition) is 5. The summed E-state index contributed by atoms with van der Waals surface area (Å²) in [5.74, 6) is -0.472. The van der Waals surface area contributed by atoms with Crippen LogP contribution in [0.25, 0.3) is 0 Å². The Morgan fingerprint density at radius 1 is 0.509 bits per heavy atom. The van der Waals surface area contributed by atoms with Crippen molar-refractivity contribution in [2.45, 2.75) is 283 Å². The summed E-state index contributed by atoms with van der Waals surface area (Å²) in [5.41, 5.74) is 0. The highest BCUT2D eigenvalue weighted by molar-refractivity contribution is 5.77. The Bertz CT molecular complexity index is 832. The van der Waals surface area contributed by atoms with E-state index in [1.165, 1.54) is 167 Å². The summed E-state index contributed by atoms with van der Waals surface area (Å²) in [7, 11) is 0. The third-order valence-electron chi connectivity index (χ3n) is 11.3. The Balaban J connectivity index is 4.49. The molecule has 3 atom stereocenters. The molecule has 3 N–H and O–H groups in total. The highest BCUT2D eigenvalue weighted by Gasteiger charge is 2.24. The van der Waals surface area contributed by atoms with Crippen molar-refractivity contribution in [2.24, 2.45) is 0 Å². The minimum Gasteiger partial charge on any atom is -0.462 e. The van der Waals surface area contributed by atoms with Crippen LogP contribution in [0.1, 0.15) is 265 Å². The zero-order valence-corrected chi connectivity index (χ0v) is 37.1. The molecule has 0 aromatic heterocycles. The molecule has 326 valence electrons. The van der Waals surface area contributed by atoms with Crippen molar-refractivity contribution in [1.82, 2.24) is 5.32 Å². The van der Waals surface area contributed by atoms with E-state index in [0.717, 1.165) is 51.4 Å². The van der Waals surface area contributed by atoms with Gasteiger partial charge in [0.2, 0.25) is 5.91 Å². The molecule has 0 aliphatic heterocycles. The third kappa shape index (κ3) is 39.2. The molecule has 0 saturated heterocycles. The fourth-order valence-corrected chi connectivity index (χ4v) is 7.60. The molecule has 0 aliphatic rings. The quantitative estimate of drug-likeness (QED) is 0.0325. The standard InChI is InChI=1S/C49H95NO5/c1-4-7-10-13-16-19-22-24-25-26-29-32-35-38-41-47(52)46(44-51)50-48(53)43-45(40-37-34-31-28-21-18-15-12-9-6-3)55-49(54)42-39-36-33-30-27-23-20-17-14-11-8-5-2/h17,20,45-47,51-52H,4-16,18-19,21-44H2,1-3H3,(H,50,53)/b20-17-. The predicted molar refractivity (Wildman–Crippen MR) is 237 cm³/mol. The molecule has 0 saturated carbocycles. The number of hydrogen-bond donors (Lipinski definition) is 3. The number of unbranched alkanes of at least 4 members (excludes halogenated alkanes) is 30. The molecular formula is C49H95NO5. The van der Waals surface area contributed by atoms with Crippen molar-refractivity contribution < 1.29 is 24.5 Å². The molecule has 0 radical (unpaired) electrons. The van der Waals surface area contributed by atoms with Gasteiger partial charge in [0.25, 0.3) is 0 Å². The molecule has 0 fully saturated rings. The second kappa shape index (κ2) is 43.7. The van der Waals surface area contributed by atoms with Crippen molar-refractivity contribution >= 4 is 11.9 Å². The maximum atomic E-state index is 13.1. The maximum absolute atomic E-state index is 13.1. The van der Waals surface area contributed by atoms with Crippen LogP contribution in [0, 0.1) is 0 Å². The van der Waals surface area contributed by atoms with Gasteiger partial charge in [0, 0.05) is 6.42 Å². The summed E-state index contributed by atoms with van der Waals surface area (Å²) in [6.45, 7) is 6.46. The fraction of sp³-hybridized carbons (Fsp3) is 0.918. The van der Waals surface area contributed by atoms with Gasteiger partial charge in [-0.25, -0.2) is 0 Å². The Hall–Kier alpha value is -1.40. The molecule has 0 aromatic carbocycles. The summed E-state index contributed by atoms with van der Waals surface area (Å²) in [6.07, 6.45) is 46.9. The number of carbonyl (C=O) groups is 2. The lowest BCUT2D eigenvalue weighted by atomic mass is 10.0. The van der Waals surface area contributed by atoms with Gasteiger partial charge in [0.15, 0.2) is 0 Å². The predicted octanol–water partition coefficient (Wildman–Crippen LogP) is 14.2. The van der Waals surface area contributed by atoms with Crippen LogP contribution in [-0.4, -0.2) is 46.9 Å². The van der Waals surface area contributed by atoms with Crippen LogP contribution in [0.5, 0.6) is 0 Å². The zero-order chi connectivity index (χ0) is 40.3. The van der Waals surface area contributed by atoms with Gasteiger partial charge in [-0.2, -0.15) is 0 Å². The van der Waals surface area contributed by atoms with Crippen molar-refractivity contribution in [3.63, 3.8) is 0 Å². The van der Waals surface area contributed by atoms with E-state index in [9.17, 15) is 19.8 Å². The second-order valence-corrected chi connectivity index (χ2v) is 16.9. The van der Waals surface area contributed by atoms with Crippen LogP contribution in [0.3, 0.4) is 0 Å². The molecule has 0 spiro atoms. The van der Waals surface area contributed by atoms with Crippen molar-refractivity contribution in [3.05, 3.63) is 12.2 Å². The van der Waals surface area contributed by atoms with Gasteiger partial charge in [0.1, 0.15) is 6.10 Å². The van der Waals surface area contributed by atoms with Crippen LogP contribution in [0.15, 0.2) is 12.2 Å². The van der Waals surface area contributed by atoms with Gasteiger partial charge in [-0.1, -0.05) is 213 Å². The lowest BCUT2D eigenvalue weighted by Gasteiger charge is -2.24. The molecule has 3 unspecified atom stereocenters. The number of rotatable bonds is 44. The van der Waals surface area contributed by atoms with E-state index in [-0.39, 0.29) is 24.9 Å². The average Bonchev–Trinajstić information content (AvgIpc) is 3.18. The monoisotopic (exact) mass is 778 g/mol. The molecule has 0 bridgehead atoms. The van der Waals surface area contributed by atoms with Gasteiger partial charge in [-0.15, -0.1) is 0 Å². The SMILES string of the molecule is CCCCC/C=C\CCCCCCCC(=O)OC(CCCCCCCCCCCC)CC(=O)NC(CO)C(O)CCCCCCCCCCCCCCCC. The van der Waals surface area contributed by atoms with Crippen LogP contribution in [0.2, 0.25) is 0 Å². The van der Waals surface area contributed by atoms with Gasteiger partial charge >= 0.3 is 5.97 Å². The molecule has 0 aromatic rings. The highest BCUT2D eigenvalue weighted by Crippen LogP contribution is 2.18. The number of ether oxygens (including phenoxy) is 1.